The lowest BCUT2D eigenvalue weighted by Crippen LogP contribution is -2.38. The van der Waals surface area contributed by atoms with E-state index in [2.05, 4.69) is 30.8 Å². The van der Waals surface area contributed by atoms with Gasteiger partial charge in [0.25, 0.3) is 0 Å². The Kier molecular flexibility index (Phi) is 6.72. The second-order valence-corrected chi connectivity index (χ2v) is 6.01. The molecule has 0 fully saturated rings. The standard InChI is InChI=1S/C19H22F2N6O/c1-2-22-19(23-9-7-13-12-14(20)5-6-15(13)21)24-10-8-17-25-18(27-26-17)16-4-3-11-28-16/h3-6,11-12H,2,7-10H2,1H3,(H2,22,23,24)(H,25,26,27). The number of hydrogen-bond donors (Lipinski definition) is 3. The fourth-order valence-electron chi connectivity index (χ4n) is 2.59. The molecule has 0 radical (unpaired) electrons. The Bertz CT molecular complexity index is 907. The summed E-state index contributed by atoms with van der Waals surface area (Å²) < 4.78 is 32.2. The molecule has 3 N–H and O–H groups in total. The molecule has 9 heteroatoms. The Morgan fingerprint density at radius 2 is 2.11 bits per heavy atom. The normalized spacial score (nSPS) is 11.6. The predicted octanol–water partition coefficient (Wildman–Crippen LogP) is 2.68. The van der Waals surface area contributed by atoms with Crippen LogP contribution in [0.2, 0.25) is 0 Å². The Morgan fingerprint density at radius 3 is 2.89 bits per heavy atom. The lowest BCUT2D eigenvalue weighted by Gasteiger charge is -2.11. The number of aromatic nitrogens is 3. The molecule has 2 heterocycles. The summed E-state index contributed by atoms with van der Waals surface area (Å²) in [5.41, 5.74) is 0.329. The van der Waals surface area contributed by atoms with E-state index in [0.717, 1.165) is 12.1 Å². The molecule has 3 rings (SSSR count). The van der Waals surface area contributed by atoms with Gasteiger partial charge < -0.3 is 15.1 Å². The van der Waals surface area contributed by atoms with Gasteiger partial charge in [0.15, 0.2) is 11.7 Å². The van der Waals surface area contributed by atoms with Crippen molar-refractivity contribution in [2.24, 2.45) is 4.99 Å². The van der Waals surface area contributed by atoms with E-state index in [9.17, 15) is 8.78 Å². The van der Waals surface area contributed by atoms with Gasteiger partial charge in [-0.3, -0.25) is 10.1 Å². The molecule has 28 heavy (non-hydrogen) atoms. The highest BCUT2D eigenvalue weighted by Crippen LogP contribution is 2.14. The first kappa shape index (κ1) is 19.5. The van der Waals surface area contributed by atoms with E-state index in [1.54, 1.807) is 18.4 Å². The van der Waals surface area contributed by atoms with Crippen molar-refractivity contribution >= 4 is 5.96 Å². The van der Waals surface area contributed by atoms with Crippen LogP contribution < -0.4 is 10.6 Å². The van der Waals surface area contributed by atoms with Crippen molar-refractivity contribution in [3.8, 4) is 11.6 Å². The van der Waals surface area contributed by atoms with E-state index >= 15 is 0 Å². The molecule has 0 amide bonds. The third-order valence-corrected chi connectivity index (χ3v) is 3.93. The smallest absolute Gasteiger partial charge is 0.216 e. The summed E-state index contributed by atoms with van der Waals surface area (Å²) in [6, 6.07) is 7.03. The van der Waals surface area contributed by atoms with Crippen LogP contribution in [0.3, 0.4) is 0 Å². The van der Waals surface area contributed by atoms with Gasteiger partial charge in [0.05, 0.1) is 6.26 Å². The monoisotopic (exact) mass is 388 g/mol. The molecule has 0 bridgehead atoms. The minimum Gasteiger partial charge on any atom is -0.461 e. The van der Waals surface area contributed by atoms with Gasteiger partial charge in [-0.1, -0.05) is 0 Å². The summed E-state index contributed by atoms with van der Waals surface area (Å²) in [6.45, 7) is 3.55. The van der Waals surface area contributed by atoms with Gasteiger partial charge in [-0.2, -0.15) is 5.10 Å². The molecule has 0 aliphatic rings. The zero-order valence-corrected chi connectivity index (χ0v) is 15.5. The topological polar surface area (TPSA) is 91.1 Å². The van der Waals surface area contributed by atoms with Crippen molar-refractivity contribution in [3.63, 3.8) is 0 Å². The molecule has 2 aromatic heterocycles. The Labute approximate surface area is 161 Å². The summed E-state index contributed by atoms with van der Waals surface area (Å²) in [6.07, 6.45) is 2.49. The highest BCUT2D eigenvalue weighted by atomic mass is 19.1. The highest BCUT2D eigenvalue weighted by molar-refractivity contribution is 5.79. The van der Waals surface area contributed by atoms with Crippen LogP contribution in [0, 0.1) is 11.6 Å². The number of hydrogen-bond acceptors (Lipinski definition) is 4. The van der Waals surface area contributed by atoms with Gasteiger partial charge >= 0.3 is 0 Å². The van der Waals surface area contributed by atoms with Gasteiger partial charge in [0.1, 0.15) is 17.5 Å². The maximum Gasteiger partial charge on any atom is 0.216 e. The first-order valence-electron chi connectivity index (χ1n) is 9.07. The Hall–Kier alpha value is -3.23. The second kappa shape index (κ2) is 9.63. The van der Waals surface area contributed by atoms with Crippen LogP contribution in [-0.4, -0.2) is 40.8 Å². The van der Waals surface area contributed by atoms with E-state index in [1.807, 2.05) is 6.92 Å². The molecule has 7 nitrogen and oxygen atoms in total. The largest absolute Gasteiger partial charge is 0.461 e. The van der Waals surface area contributed by atoms with E-state index in [4.69, 9.17) is 4.42 Å². The average Bonchev–Trinajstić information content (AvgIpc) is 3.36. The van der Waals surface area contributed by atoms with Crippen LogP contribution >= 0.6 is 0 Å². The zero-order chi connectivity index (χ0) is 19.8. The van der Waals surface area contributed by atoms with Crippen LogP contribution in [0.1, 0.15) is 18.3 Å². The quantitative estimate of drug-likeness (QED) is 0.408. The average molecular weight is 388 g/mol. The molecule has 0 saturated heterocycles. The van der Waals surface area contributed by atoms with Gasteiger partial charge in [-0.05, 0) is 49.2 Å². The molecule has 0 aliphatic carbocycles. The summed E-state index contributed by atoms with van der Waals surface area (Å²) >= 11 is 0. The van der Waals surface area contributed by atoms with Crippen LogP contribution in [0.5, 0.6) is 0 Å². The number of aliphatic imine (C=N–C) groups is 1. The van der Waals surface area contributed by atoms with Gasteiger partial charge in [-0.25, -0.2) is 13.8 Å². The molecule has 0 aliphatic heterocycles. The van der Waals surface area contributed by atoms with Gasteiger partial charge in [-0.15, -0.1) is 0 Å². The minimum absolute atomic E-state index is 0.329. The van der Waals surface area contributed by atoms with Gasteiger partial charge in [0.2, 0.25) is 5.82 Å². The first-order chi connectivity index (χ1) is 13.7. The number of furan rings is 1. The Morgan fingerprint density at radius 1 is 1.21 bits per heavy atom. The van der Waals surface area contributed by atoms with Crippen LogP contribution in [-0.2, 0) is 12.8 Å². The van der Waals surface area contributed by atoms with E-state index in [-0.39, 0.29) is 0 Å². The molecular weight excluding hydrogens is 366 g/mol. The number of H-pyrrole nitrogens is 1. The number of rotatable bonds is 8. The number of benzene rings is 1. The second-order valence-electron chi connectivity index (χ2n) is 6.01. The third kappa shape index (κ3) is 5.38. The number of aromatic amines is 1. The third-order valence-electron chi connectivity index (χ3n) is 3.93. The van der Waals surface area contributed by atoms with Crippen molar-refractivity contribution in [3.05, 3.63) is 59.6 Å². The summed E-state index contributed by atoms with van der Waals surface area (Å²) in [4.78, 5) is 8.83. The molecule has 148 valence electrons. The Balaban J connectivity index is 1.50. The van der Waals surface area contributed by atoms with E-state index in [0.29, 0.717) is 61.4 Å². The fourth-order valence-corrected chi connectivity index (χ4v) is 2.59. The summed E-state index contributed by atoms with van der Waals surface area (Å²) in [5, 5.41) is 13.2. The maximum atomic E-state index is 13.7. The van der Waals surface area contributed by atoms with Crippen molar-refractivity contribution in [1.29, 1.82) is 0 Å². The van der Waals surface area contributed by atoms with Crippen LogP contribution in [0.25, 0.3) is 11.6 Å². The lowest BCUT2D eigenvalue weighted by molar-refractivity contribution is 0.577. The number of nitrogens with one attached hydrogen (secondary N) is 3. The number of guanidine groups is 1. The number of nitrogens with zero attached hydrogens (tertiary/aromatic N) is 3. The molecular formula is C19H22F2N6O. The first-order valence-corrected chi connectivity index (χ1v) is 9.07. The van der Waals surface area contributed by atoms with E-state index < -0.39 is 11.6 Å². The molecule has 0 atom stereocenters. The summed E-state index contributed by atoms with van der Waals surface area (Å²) in [5.74, 6) is 1.55. The molecule has 0 unspecified atom stereocenters. The highest BCUT2D eigenvalue weighted by Gasteiger charge is 2.08. The molecule has 1 aromatic carbocycles. The van der Waals surface area contributed by atoms with Crippen molar-refractivity contribution in [2.45, 2.75) is 19.8 Å². The SMILES string of the molecule is CCNC(=NCCc1nc(-c2ccco2)n[nH]1)NCCc1cc(F)ccc1F. The molecule has 0 saturated carbocycles. The maximum absolute atomic E-state index is 13.7. The number of halogens is 2. The zero-order valence-electron chi connectivity index (χ0n) is 15.5. The summed E-state index contributed by atoms with van der Waals surface area (Å²) in [7, 11) is 0. The van der Waals surface area contributed by atoms with Crippen LogP contribution in [0.15, 0.2) is 46.0 Å². The lowest BCUT2D eigenvalue weighted by atomic mass is 10.1. The van der Waals surface area contributed by atoms with Crippen LogP contribution in [0.4, 0.5) is 8.78 Å². The van der Waals surface area contributed by atoms with Crippen molar-refractivity contribution < 1.29 is 13.2 Å². The van der Waals surface area contributed by atoms with Crippen molar-refractivity contribution in [1.82, 2.24) is 25.8 Å². The molecule has 3 aromatic rings. The molecule has 0 spiro atoms. The minimum atomic E-state index is -0.446. The fraction of sp³-hybridized carbons (Fsp3) is 0.316. The van der Waals surface area contributed by atoms with E-state index in [1.165, 1.54) is 6.07 Å². The van der Waals surface area contributed by atoms with Gasteiger partial charge in [0, 0.05) is 26.1 Å². The predicted molar refractivity (Wildman–Crippen MR) is 102 cm³/mol. The van der Waals surface area contributed by atoms with Crippen molar-refractivity contribution in [2.75, 3.05) is 19.6 Å².